The Balaban J connectivity index is 1.55. The average Bonchev–Trinajstić information content (AvgIpc) is 2.99. The molecule has 0 saturated heterocycles. The third-order valence-corrected chi connectivity index (χ3v) is 7.26. The van der Waals surface area contributed by atoms with Gasteiger partial charge in [0.1, 0.15) is 23.4 Å². The highest BCUT2D eigenvalue weighted by Gasteiger charge is 2.33. The number of nitrogens with zero attached hydrogens (tertiary/aromatic N) is 2. The SMILES string of the molecule is COc1ccc(CN(C(=O)CCCC(=O)Nc2ccccn2)[C@@H](C(=O)NC2CCCCC2)c2ccc(F)cc2)cc1. The molecule has 0 radical (unpaired) electrons. The Morgan fingerprint density at radius 2 is 1.71 bits per heavy atom. The van der Waals surface area contributed by atoms with Crippen molar-refractivity contribution in [1.82, 2.24) is 15.2 Å². The van der Waals surface area contributed by atoms with Gasteiger partial charge in [-0.25, -0.2) is 9.37 Å². The Hall–Kier alpha value is -4.27. The zero-order valence-corrected chi connectivity index (χ0v) is 23.4. The number of nitrogens with one attached hydrogen (secondary N) is 2. The van der Waals surface area contributed by atoms with E-state index in [1.807, 2.05) is 12.1 Å². The number of rotatable bonds is 12. The molecular weight excluding hydrogens is 523 g/mol. The Bertz CT molecular complexity index is 1280. The van der Waals surface area contributed by atoms with Crippen LogP contribution < -0.4 is 15.4 Å². The van der Waals surface area contributed by atoms with E-state index in [9.17, 15) is 18.8 Å². The molecule has 1 aliphatic rings. The summed E-state index contributed by atoms with van der Waals surface area (Å²) in [7, 11) is 1.58. The number of anilines is 1. The zero-order chi connectivity index (χ0) is 29.0. The maximum absolute atomic E-state index is 13.9. The molecule has 41 heavy (non-hydrogen) atoms. The number of methoxy groups -OCH3 is 1. The van der Waals surface area contributed by atoms with Gasteiger partial charge in [0.15, 0.2) is 0 Å². The molecule has 1 saturated carbocycles. The summed E-state index contributed by atoms with van der Waals surface area (Å²) in [5, 5.41) is 5.88. The fourth-order valence-corrected chi connectivity index (χ4v) is 5.08. The second-order valence-corrected chi connectivity index (χ2v) is 10.3. The molecule has 3 aromatic rings. The van der Waals surface area contributed by atoms with Gasteiger partial charge in [-0.2, -0.15) is 0 Å². The van der Waals surface area contributed by atoms with E-state index in [1.54, 1.807) is 55.8 Å². The second-order valence-electron chi connectivity index (χ2n) is 10.3. The van der Waals surface area contributed by atoms with Crippen molar-refractivity contribution in [2.24, 2.45) is 0 Å². The molecule has 8 nitrogen and oxygen atoms in total. The van der Waals surface area contributed by atoms with Gasteiger partial charge in [-0.1, -0.05) is 49.6 Å². The van der Waals surface area contributed by atoms with Gasteiger partial charge in [0, 0.05) is 31.6 Å². The monoisotopic (exact) mass is 560 g/mol. The van der Waals surface area contributed by atoms with Gasteiger partial charge in [-0.15, -0.1) is 0 Å². The van der Waals surface area contributed by atoms with Crippen LogP contribution in [-0.4, -0.2) is 40.8 Å². The number of hydrogen-bond donors (Lipinski definition) is 2. The van der Waals surface area contributed by atoms with E-state index in [1.165, 1.54) is 17.0 Å². The number of pyridine rings is 1. The molecule has 0 bridgehead atoms. The molecule has 0 spiro atoms. The van der Waals surface area contributed by atoms with Crippen molar-refractivity contribution >= 4 is 23.5 Å². The Labute approximate surface area is 240 Å². The van der Waals surface area contributed by atoms with E-state index in [4.69, 9.17) is 4.74 Å². The minimum Gasteiger partial charge on any atom is -0.497 e. The normalized spacial score (nSPS) is 14.1. The van der Waals surface area contributed by atoms with Crippen LogP contribution in [0.4, 0.5) is 10.2 Å². The molecule has 1 aromatic heterocycles. The number of halogens is 1. The van der Waals surface area contributed by atoms with Crippen LogP contribution in [-0.2, 0) is 20.9 Å². The van der Waals surface area contributed by atoms with Crippen molar-refractivity contribution < 1.29 is 23.5 Å². The van der Waals surface area contributed by atoms with Crippen molar-refractivity contribution in [3.8, 4) is 5.75 Å². The van der Waals surface area contributed by atoms with Crippen LogP contribution in [0.3, 0.4) is 0 Å². The Kier molecular flexibility index (Phi) is 10.8. The Morgan fingerprint density at radius 1 is 0.976 bits per heavy atom. The molecule has 1 aliphatic carbocycles. The van der Waals surface area contributed by atoms with Gasteiger partial charge in [-0.3, -0.25) is 14.4 Å². The molecule has 4 rings (SSSR count). The third kappa shape index (κ3) is 8.86. The van der Waals surface area contributed by atoms with Crippen molar-refractivity contribution in [2.45, 2.75) is 70.0 Å². The van der Waals surface area contributed by atoms with E-state index < -0.39 is 11.9 Å². The molecule has 2 N–H and O–H groups in total. The number of carbonyl (C=O) groups is 3. The maximum Gasteiger partial charge on any atom is 0.247 e. The summed E-state index contributed by atoms with van der Waals surface area (Å²) in [4.78, 5) is 45.7. The lowest BCUT2D eigenvalue weighted by Crippen LogP contribution is -2.46. The van der Waals surface area contributed by atoms with Crippen molar-refractivity contribution in [3.63, 3.8) is 0 Å². The van der Waals surface area contributed by atoms with Gasteiger partial charge in [0.25, 0.3) is 0 Å². The minimum atomic E-state index is -0.963. The molecular formula is C32H37FN4O4. The van der Waals surface area contributed by atoms with Gasteiger partial charge in [0.05, 0.1) is 7.11 Å². The highest BCUT2D eigenvalue weighted by Crippen LogP contribution is 2.27. The molecule has 2 aromatic carbocycles. The standard InChI is InChI=1S/C32H37FN4O4/c1-41-27-19-13-23(14-20-27)22-37(30(39)12-7-11-29(38)36-28-10-5-6-21-34-28)31(24-15-17-25(33)18-16-24)32(40)35-26-8-3-2-4-9-26/h5-6,10,13-21,26,31H,2-4,7-9,11-12,22H2,1H3,(H,35,40)(H,34,36,38)/t31-/m1/s1. The first-order valence-corrected chi connectivity index (χ1v) is 14.1. The van der Waals surface area contributed by atoms with E-state index in [-0.39, 0.29) is 49.6 Å². The summed E-state index contributed by atoms with van der Waals surface area (Å²) in [5.74, 6) is -0.121. The average molecular weight is 561 g/mol. The number of amides is 3. The Morgan fingerprint density at radius 3 is 2.37 bits per heavy atom. The number of carbonyl (C=O) groups excluding carboxylic acids is 3. The summed E-state index contributed by atoms with van der Waals surface area (Å²) < 4.78 is 19.1. The number of ether oxygens (including phenoxy) is 1. The molecule has 216 valence electrons. The summed E-state index contributed by atoms with van der Waals surface area (Å²) in [6.45, 7) is 0.156. The zero-order valence-electron chi connectivity index (χ0n) is 23.4. The van der Waals surface area contributed by atoms with E-state index >= 15 is 0 Å². The lowest BCUT2D eigenvalue weighted by Gasteiger charge is -2.33. The van der Waals surface area contributed by atoms with Gasteiger partial charge in [-0.05, 0) is 66.8 Å². The first-order valence-electron chi connectivity index (χ1n) is 14.1. The largest absolute Gasteiger partial charge is 0.497 e. The molecule has 0 unspecified atom stereocenters. The number of hydrogen-bond acceptors (Lipinski definition) is 5. The van der Waals surface area contributed by atoms with Crippen LogP contribution >= 0.6 is 0 Å². The first kappa shape index (κ1) is 29.7. The molecule has 3 amide bonds. The highest BCUT2D eigenvalue weighted by molar-refractivity contribution is 5.91. The van der Waals surface area contributed by atoms with Crippen LogP contribution in [0.25, 0.3) is 0 Å². The molecule has 9 heteroatoms. The number of benzene rings is 2. The molecule has 1 fully saturated rings. The lowest BCUT2D eigenvalue weighted by atomic mass is 9.94. The molecule has 1 heterocycles. The van der Waals surface area contributed by atoms with E-state index in [0.717, 1.165) is 37.7 Å². The quantitative estimate of drug-likeness (QED) is 0.302. The van der Waals surface area contributed by atoms with Crippen LogP contribution in [0.1, 0.15) is 68.5 Å². The predicted octanol–water partition coefficient (Wildman–Crippen LogP) is 5.56. The topological polar surface area (TPSA) is 101 Å². The van der Waals surface area contributed by atoms with Crippen LogP contribution in [0, 0.1) is 5.82 Å². The molecule has 0 aliphatic heterocycles. The third-order valence-electron chi connectivity index (χ3n) is 7.26. The first-order chi connectivity index (χ1) is 19.9. The van der Waals surface area contributed by atoms with Crippen LogP contribution in [0.5, 0.6) is 5.75 Å². The number of aromatic nitrogens is 1. The summed E-state index contributed by atoms with van der Waals surface area (Å²) in [6.07, 6.45) is 7.06. The summed E-state index contributed by atoms with van der Waals surface area (Å²) in [5.41, 5.74) is 1.33. The smallest absolute Gasteiger partial charge is 0.247 e. The van der Waals surface area contributed by atoms with Gasteiger partial charge >= 0.3 is 0 Å². The van der Waals surface area contributed by atoms with Gasteiger partial charge in [0.2, 0.25) is 17.7 Å². The lowest BCUT2D eigenvalue weighted by molar-refractivity contribution is -0.142. The minimum absolute atomic E-state index is 0.0347. The van der Waals surface area contributed by atoms with E-state index in [2.05, 4.69) is 15.6 Å². The second kappa shape index (κ2) is 14.9. The van der Waals surface area contributed by atoms with Crippen LogP contribution in [0.15, 0.2) is 72.9 Å². The fourth-order valence-electron chi connectivity index (χ4n) is 5.08. The predicted molar refractivity (Wildman–Crippen MR) is 154 cm³/mol. The van der Waals surface area contributed by atoms with Gasteiger partial charge < -0.3 is 20.3 Å². The molecule has 1 atom stereocenters. The fraction of sp³-hybridized carbons (Fsp3) is 0.375. The highest BCUT2D eigenvalue weighted by atomic mass is 19.1. The van der Waals surface area contributed by atoms with Crippen molar-refractivity contribution in [2.75, 3.05) is 12.4 Å². The summed E-state index contributed by atoms with van der Waals surface area (Å²) in [6, 6.07) is 17.3. The van der Waals surface area contributed by atoms with Crippen molar-refractivity contribution in [1.29, 1.82) is 0 Å². The summed E-state index contributed by atoms with van der Waals surface area (Å²) >= 11 is 0. The van der Waals surface area contributed by atoms with E-state index in [0.29, 0.717) is 17.1 Å². The van der Waals surface area contributed by atoms with Crippen molar-refractivity contribution in [3.05, 3.63) is 89.9 Å². The van der Waals surface area contributed by atoms with Crippen LogP contribution in [0.2, 0.25) is 0 Å². The maximum atomic E-state index is 13.9.